The number of nitrogens with zero attached hydrogens (tertiary/aromatic N) is 3. The molecule has 5 nitrogen and oxygen atoms in total. The first-order valence-corrected chi connectivity index (χ1v) is 10.1. The average molecular weight is 377 g/mol. The Hall–Kier alpha value is -2.66. The van der Waals surface area contributed by atoms with Crippen LogP contribution in [-0.2, 0) is 13.0 Å². The van der Waals surface area contributed by atoms with E-state index < -0.39 is 0 Å². The Morgan fingerprint density at radius 3 is 1.93 bits per heavy atom. The number of hydrogen-bond acceptors (Lipinski definition) is 3. The van der Waals surface area contributed by atoms with E-state index in [9.17, 15) is 9.59 Å². The Labute approximate surface area is 166 Å². The van der Waals surface area contributed by atoms with E-state index in [1.165, 1.54) is 11.1 Å². The molecule has 2 aromatic carbocycles. The monoisotopic (exact) mass is 377 g/mol. The topological polar surface area (TPSA) is 43.9 Å². The van der Waals surface area contributed by atoms with Gasteiger partial charge >= 0.3 is 0 Å². The van der Waals surface area contributed by atoms with Crippen molar-refractivity contribution in [3.05, 3.63) is 70.8 Å². The van der Waals surface area contributed by atoms with Crippen molar-refractivity contribution in [2.45, 2.75) is 19.9 Å². The molecule has 146 valence electrons. The lowest BCUT2D eigenvalue weighted by atomic mass is 9.99. The number of fused-ring (bicyclic) bond motifs is 1. The van der Waals surface area contributed by atoms with Crippen LogP contribution < -0.4 is 0 Å². The van der Waals surface area contributed by atoms with Gasteiger partial charge in [0.05, 0.1) is 0 Å². The van der Waals surface area contributed by atoms with E-state index in [0.29, 0.717) is 17.7 Å². The van der Waals surface area contributed by atoms with E-state index in [4.69, 9.17) is 0 Å². The smallest absolute Gasteiger partial charge is 0.254 e. The maximum Gasteiger partial charge on any atom is 0.254 e. The molecule has 2 heterocycles. The van der Waals surface area contributed by atoms with Gasteiger partial charge < -0.3 is 14.7 Å². The molecule has 2 aliphatic heterocycles. The zero-order valence-corrected chi connectivity index (χ0v) is 16.4. The number of amides is 2. The van der Waals surface area contributed by atoms with Gasteiger partial charge in [0.1, 0.15) is 0 Å². The molecule has 0 aromatic heterocycles. The number of hydrogen-bond donors (Lipinski definition) is 0. The first-order valence-electron chi connectivity index (χ1n) is 10.1. The molecule has 1 saturated heterocycles. The number of piperazine rings is 1. The fourth-order valence-electron chi connectivity index (χ4n) is 4.06. The summed E-state index contributed by atoms with van der Waals surface area (Å²) < 4.78 is 0. The zero-order valence-electron chi connectivity index (χ0n) is 16.4. The molecule has 0 radical (unpaired) electrons. The number of likely N-dealkylation sites (N-methyl/N-ethyl adjacent to an activating group) is 1. The highest BCUT2D eigenvalue weighted by Crippen LogP contribution is 2.20. The van der Waals surface area contributed by atoms with Crippen LogP contribution in [0.5, 0.6) is 0 Å². The van der Waals surface area contributed by atoms with Gasteiger partial charge in [-0.25, -0.2) is 0 Å². The third-order valence-electron chi connectivity index (χ3n) is 5.90. The number of carbonyl (C=O) groups is 2. The molecule has 0 unspecified atom stereocenters. The summed E-state index contributed by atoms with van der Waals surface area (Å²) in [5.74, 6) is 0.0896. The standard InChI is InChI=1S/C23H27N3O2/c1-2-24-13-15-25(16-14-24)22(27)19-7-9-20(10-8-19)23(28)26-12-11-18-5-3-4-6-21(18)17-26/h3-10H,2,11-17H2,1H3. The van der Waals surface area contributed by atoms with Gasteiger partial charge in [0.25, 0.3) is 11.8 Å². The highest BCUT2D eigenvalue weighted by molar-refractivity contribution is 5.98. The summed E-state index contributed by atoms with van der Waals surface area (Å²) in [6.45, 7) is 7.94. The first-order chi connectivity index (χ1) is 13.7. The van der Waals surface area contributed by atoms with Crippen LogP contribution in [0.2, 0.25) is 0 Å². The second kappa shape index (κ2) is 8.15. The molecule has 5 heteroatoms. The summed E-state index contributed by atoms with van der Waals surface area (Å²) in [4.78, 5) is 31.8. The lowest BCUT2D eigenvalue weighted by molar-refractivity contribution is 0.0642. The largest absolute Gasteiger partial charge is 0.336 e. The molecule has 2 amide bonds. The summed E-state index contributed by atoms with van der Waals surface area (Å²) in [5, 5.41) is 0. The number of carbonyl (C=O) groups excluding carboxylic acids is 2. The summed E-state index contributed by atoms with van der Waals surface area (Å²) in [5.41, 5.74) is 3.85. The van der Waals surface area contributed by atoms with E-state index in [-0.39, 0.29) is 11.8 Å². The minimum absolute atomic E-state index is 0.0325. The molecule has 0 atom stereocenters. The van der Waals surface area contributed by atoms with Crippen molar-refractivity contribution < 1.29 is 9.59 Å². The van der Waals surface area contributed by atoms with Crippen LogP contribution in [0.15, 0.2) is 48.5 Å². The van der Waals surface area contributed by atoms with E-state index in [1.54, 1.807) is 24.3 Å². The summed E-state index contributed by atoms with van der Waals surface area (Å²) in [7, 11) is 0. The first kappa shape index (κ1) is 18.7. The Bertz CT molecular complexity index is 854. The maximum absolute atomic E-state index is 12.9. The molecule has 0 N–H and O–H groups in total. The third kappa shape index (κ3) is 3.80. The number of benzene rings is 2. The molecule has 0 saturated carbocycles. The van der Waals surface area contributed by atoms with Gasteiger partial charge in [0.2, 0.25) is 0 Å². The zero-order chi connectivity index (χ0) is 19.5. The van der Waals surface area contributed by atoms with Crippen molar-refractivity contribution in [1.82, 2.24) is 14.7 Å². The molecule has 4 rings (SSSR count). The quantitative estimate of drug-likeness (QED) is 0.826. The Kier molecular flexibility index (Phi) is 5.44. The van der Waals surface area contributed by atoms with Crippen molar-refractivity contribution in [2.24, 2.45) is 0 Å². The molecule has 0 spiro atoms. The van der Waals surface area contributed by atoms with Crippen molar-refractivity contribution >= 4 is 11.8 Å². The number of rotatable bonds is 3. The minimum atomic E-state index is 0.0325. The fraction of sp³-hybridized carbons (Fsp3) is 0.391. The van der Waals surface area contributed by atoms with E-state index >= 15 is 0 Å². The normalized spacial score (nSPS) is 17.3. The second-order valence-electron chi connectivity index (χ2n) is 7.55. The molecule has 2 aliphatic rings. The van der Waals surface area contributed by atoms with Gasteiger partial charge in [-0.15, -0.1) is 0 Å². The highest BCUT2D eigenvalue weighted by atomic mass is 16.2. The van der Waals surface area contributed by atoms with Crippen molar-refractivity contribution in [3.8, 4) is 0 Å². The average Bonchev–Trinajstić information content (AvgIpc) is 2.78. The van der Waals surface area contributed by atoms with E-state index in [2.05, 4.69) is 24.0 Å². The fourth-order valence-corrected chi connectivity index (χ4v) is 4.06. The van der Waals surface area contributed by atoms with Crippen LogP contribution in [0.4, 0.5) is 0 Å². The molecule has 28 heavy (non-hydrogen) atoms. The molecular formula is C23H27N3O2. The molecule has 0 aliphatic carbocycles. The lowest BCUT2D eigenvalue weighted by Gasteiger charge is -2.34. The van der Waals surface area contributed by atoms with Crippen molar-refractivity contribution in [1.29, 1.82) is 0 Å². The van der Waals surface area contributed by atoms with Crippen LogP contribution in [-0.4, -0.2) is 65.8 Å². The maximum atomic E-state index is 12.9. The molecular weight excluding hydrogens is 350 g/mol. The van der Waals surface area contributed by atoms with Crippen LogP contribution in [0.3, 0.4) is 0 Å². The van der Waals surface area contributed by atoms with Gasteiger partial charge in [0.15, 0.2) is 0 Å². The van der Waals surface area contributed by atoms with Gasteiger partial charge in [-0.2, -0.15) is 0 Å². The summed E-state index contributed by atoms with van der Waals surface area (Å²) in [6.07, 6.45) is 0.891. The third-order valence-corrected chi connectivity index (χ3v) is 5.90. The second-order valence-corrected chi connectivity index (χ2v) is 7.55. The summed E-state index contributed by atoms with van der Waals surface area (Å²) in [6, 6.07) is 15.5. The SMILES string of the molecule is CCN1CCN(C(=O)c2ccc(C(=O)N3CCc4ccccc4C3)cc2)CC1. The van der Waals surface area contributed by atoms with Gasteiger partial charge in [-0.05, 0) is 48.4 Å². The Balaban J connectivity index is 1.41. The van der Waals surface area contributed by atoms with Gasteiger partial charge in [-0.1, -0.05) is 31.2 Å². The summed E-state index contributed by atoms with van der Waals surface area (Å²) >= 11 is 0. The van der Waals surface area contributed by atoms with Crippen molar-refractivity contribution in [2.75, 3.05) is 39.3 Å². The Morgan fingerprint density at radius 2 is 1.32 bits per heavy atom. The van der Waals surface area contributed by atoms with E-state index in [0.717, 1.165) is 45.7 Å². The molecule has 2 aromatic rings. The van der Waals surface area contributed by atoms with Crippen LogP contribution in [0, 0.1) is 0 Å². The predicted molar refractivity (Wildman–Crippen MR) is 109 cm³/mol. The predicted octanol–water partition coefficient (Wildman–Crippen LogP) is 2.66. The van der Waals surface area contributed by atoms with E-state index in [1.807, 2.05) is 21.9 Å². The highest BCUT2D eigenvalue weighted by Gasteiger charge is 2.23. The van der Waals surface area contributed by atoms with Gasteiger partial charge in [-0.3, -0.25) is 9.59 Å². The van der Waals surface area contributed by atoms with Crippen LogP contribution >= 0.6 is 0 Å². The van der Waals surface area contributed by atoms with Crippen LogP contribution in [0.25, 0.3) is 0 Å². The van der Waals surface area contributed by atoms with Crippen LogP contribution in [0.1, 0.15) is 38.8 Å². The minimum Gasteiger partial charge on any atom is -0.336 e. The van der Waals surface area contributed by atoms with Crippen molar-refractivity contribution in [3.63, 3.8) is 0 Å². The Morgan fingerprint density at radius 1 is 0.750 bits per heavy atom. The lowest BCUT2D eigenvalue weighted by Crippen LogP contribution is -2.48. The molecule has 0 bridgehead atoms. The van der Waals surface area contributed by atoms with Gasteiger partial charge in [0, 0.05) is 50.4 Å². The molecule has 1 fully saturated rings.